The summed E-state index contributed by atoms with van der Waals surface area (Å²) in [6.07, 6.45) is 0. The molecule has 2 rings (SSSR count). The Hall–Kier alpha value is -0.100. The molecule has 0 amide bonds. The number of benzene rings is 2. The lowest BCUT2D eigenvalue weighted by atomic mass is 9.99. The fourth-order valence-electron chi connectivity index (χ4n) is 1.82. The van der Waals surface area contributed by atoms with Gasteiger partial charge in [-0.15, -0.1) is 0 Å². The van der Waals surface area contributed by atoms with Gasteiger partial charge in [0.2, 0.25) is 0 Å². The largest absolute Gasteiger partial charge is 0.271 e. The van der Waals surface area contributed by atoms with E-state index in [1.54, 1.807) is 6.07 Å². The van der Waals surface area contributed by atoms with Crippen molar-refractivity contribution in [3.8, 4) is 0 Å². The van der Waals surface area contributed by atoms with Crippen molar-refractivity contribution in [2.45, 2.75) is 6.04 Å². The van der Waals surface area contributed by atoms with Gasteiger partial charge in [-0.2, -0.15) is 0 Å². The minimum absolute atomic E-state index is 0.163. The third-order valence-corrected chi connectivity index (χ3v) is 4.32. The molecule has 0 bridgehead atoms. The molecule has 2 aromatic carbocycles. The molecular weight excluding hydrogens is 415 g/mol. The van der Waals surface area contributed by atoms with Crippen molar-refractivity contribution in [3.05, 3.63) is 66.5 Å². The Labute approximate surface area is 138 Å². The molecule has 0 saturated heterocycles. The van der Waals surface area contributed by atoms with Gasteiger partial charge in [0.15, 0.2) is 0 Å². The lowest BCUT2D eigenvalue weighted by molar-refractivity contribution is 0.636. The number of hydrogen-bond donors (Lipinski definition) is 2. The highest BCUT2D eigenvalue weighted by atomic mass is 79.9. The van der Waals surface area contributed by atoms with Crippen LogP contribution in [-0.2, 0) is 0 Å². The third kappa shape index (κ3) is 3.72. The maximum atomic E-state index is 6.05. The van der Waals surface area contributed by atoms with Crippen LogP contribution in [0, 0.1) is 0 Å². The van der Waals surface area contributed by atoms with Crippen LogP contribution in [0.5, 0.6) is 0 Å². The van der Waals surface area contributed by atoms with Gasteiger partial charge in [0.25, 0.3) is 0 Å². The zero-order valence-corrected chi connectivity index (χ0v) is 14.3. The first-order chi connectivity index (χ1) is 9.01. The van der Waals surface area contributed by atoms with E-state index in [1.807, 2.05) is 30.3 Å². The summed E-state index contributed by atoms with van der Waals surface area (Å²) in [5.74, 6) is 5.67. The second kappa shape index (κ2) is 6.57. The van der Waals surface area contributed by atoms with Crippen LogP contribution < -0.4 is 11.3 Å². The molecule has 0 heterocycles. The summed E-state index contributed by atoms with van der Waals surface area (Å²) < 4.78 is 1.94. The summed E-state index contributed by atoms with van der Waals surface area (Å²) in [5.41, 5.74) is 4.75. The molecule has 0 aliphatic heterocycles. The van der Waals surface area contributed by atoms with E-state index in [-0.39, 0.29) is 6.04 Å². The molecular formula is C13H10Br2Cl2N2. The molecule has 0 aliphatic carbocycles. The van der Waals surface area contributed by atoms with Crippen LogP contribution in [0.25, 0.3) is 0 Å². The molecule has 19 heavy (non-hydrogen) atoms. The molecule has 0 saturated carbocycles. The third-order valence-electron chi connectivity index (χ3n) is 2.66. The highest BCUT2D eigenvalue weighted by molar-refractivity contribution is 9.11. The quantitative estimate of drug-likeness (QED) is 0.533. The zero-order chi connectivity index (χ0) is 14.0. The number of hydrazine groups is 1. The Balaban J connectivity index is 2.46. The average Bonchev–Trinajstić information content (AvgIpc) is 2.33. The van der Waals surface area contributed by atoms with Crippen LogP contribution >= 0.6 is 55.1 Å². The SMILES string of the molecule is NNC(c1cc(Br)cc(Br)c1)c1ccc(Cl)c(Cl)c1. The Bertz CT molecular complexity index is 585. The van der Waals surface area contributed by atoms with Crippen LogP contribution in [0.1, 0.15) is 17.2 Å². The number of nitrogens with one attached hydrogen (secondary N) is 1. The Kier molecular flexibility index (Phi) is 5.29. The molecule has 2 nitrogen and oxygen atoms in total. The number of rotatable bonds is 3. The van der Waals surface area contributed by atoms with E-state index in [0.717, 1.165) is 20.1 Å². The minimum atomic E-state index is -0.163. The van der Waals surface area contributed by atoms with Crippen molar-refractivity contribution in [3.63, 3.8) is 0 Å². The van der Waals surface area contributed by atoms with Gasteiger partial charge in [-0.3, -0.25) is 5.84 Å². The van der Waals surface area contributed by atoms with Crippen LogP contribution in [0.2, 0.25) is 10.0 Å². The van der Waals surface area contributed by atoms with Gasteiger partial charge < -0.3 is 0 Å². The monoisotopic (exact) mass is 422 g/mol. The summed E-state index contributed by atoms with van der Waals surface area (Å²) in [6, 6.07) is 11.3. The number of nitrogens with two attached hydrogens (primary N) is 1. The van der Waals surface area contributed by atoms with Crippen molar-refractivity contribution in [2.75, 3.05) is 0 Å². The first-order valence-corrected chi connectivity index (χ1v) is 7.72. The molecule has 0 radical (unpaired) electrons. The van der Waals surface area contributed by atoms with Gasteiger partial charge in [-0.1, -0.05) is 61.1 Å². The van der Waals surface area contributed by atoms with E-state index in [4.69, 9.17) is 29.0 Å². The molecule has 6 heteroatoms. The normalized spacial score (nSPS) is 12.5. The predicted molar refractivity (Wildman–Crippen MR) is 87.5 cm³/mol. The second-order valence-electron chi connectivity index (χ2n) is 3.98. The maximum Gasteiger partial charge on any atom is 0.0711 e. The van der Waals surface area contributed by atoms with E-state index >= 15 is 0 Å². The van der Waals surface area contributed by atoms with Crippen LogP contribution in [-0.4, -0.2) is 0 Å². The molecule has 1 unspecified atom stereocenters. The second-order valence-corrected chi connectivity index (χ2v) is 6.62. The van der Waals surface area contributed by atoms with Gasteiger partial charge in [0.1, 0.15) is 0 Å². The van der Waals surface area contributed by atoms with Crippen molar-refractivity contribution in [1.29, 1.82) is 0 Å². The van der Waals surface area contributed by atoms with E-state index in [9.17, 15) is 0 Å². The smallest absolute Gasteiger partial charge is 0.0711 e. The average molecular weight is 425 g/mol. The van der Waals surface area contributed by atoms with Crippen molar-refractivity contribution in [2.24, 2.45) is 5.84 Å². The Morgan fingerprint density at radius 3 is 2.05 bits per heavy atom. The van der Waals surface area contributed by atoms with E-state index in [1.165, 1.54) is 0 Å². The molecule has 0 spiro atoms. The molecule has 3 N–H and O–H groups in total. The van der Waals surface area contributed by atoms with Crippen LogP contribution in [0.4, 0.5) is 0 Å². The standard InChI is InChI=1S/C13H10Br2Cl2N2/c14-9-3-8(4-10(15)6-9)13(19-18)7-1-2-11(16)12(17)5-7/h1-6,13,19H,18H2. The Morgan fingerprint density at radius 2 is 1.53 bits per heavy atom. The fourth-order valence-corrected chi connectivity index (χ4v) is 3.45. The van der Waals surface area contributed by atoms with Crippen molar-refractivity contribution >= 4 is 55.1 Å². The molecule has 0 aliphatic rings. The zero-order valence-electron chi connectivity index (χ0n) is 9.63. The molecule has 100 valence electrons. The number of halogens is 4. The highest BCUT2D eigenvalue weighted by Gasteiger charge is 2.14. The van der Waals surface area contributed by atoms with Crippen LogP contribution in [0.3, 0.4) is 0 Å². The predicted octanol–water partition coefficient (Wildman–Crippen LogP) is 5.07. The minimum Gasteiger partial charge on any atom is -0.271 e. The highest BCUT2D eigenvalue weighted by Crippen LogP contribution is 2.31. The van der Waals surface area contributed by atoms with E-state index in [2.05, 4.69) is 37.3 Å². The van der Waals surface area contributed by atoms with Crippen molar-refractivity contribution in [1.82, 2.24) is 5.43 Å². The summed E-state index contributed by atoms with van der Waals surface area (Å²) in [5, 5.41) is 1.03. The lowest BCUT2D eigenvalue weighted by Gasteiger charge is -2.18. The van der Waals surface area contributed by atoms with Crippen LogP contribution in [0.15, 0.2) is 45.3 Å². The topological polar surface area (TPSA) is 38.0 Å². The summed E-state index contributed by atoms with van der Waals surface area (Å²) >= 11 is 18.9. The lowest BCUT2D eigenvalue weighted by Crippen LogP contribution is -2.28. The van der Waals surface area contributed by atoms with Gasteiger partial charge in [0.05, 0.1) is 16.1 Å². The fraction of sp³-hybridized carbons (Fsp3) is 0.0769. The Morgan fingerprint density at radius 1 is 0.895 bits per heavy atom. The van der Waals surface area contributed by atoms with E-state index < -0.39 is 0 Å². The van der Waals surface area contributed by atoms with Gasteiger partial charge in [0, 0.05) is 8.95 Å². The first kappa shape index (κ1) is 15.3. The van der Waals surface area contributed by atoms with E-state index in [0.29, 0.717) is 10.0 Å². The van der Waals surface area contributed by atoms with Crippen molar-refractivity contribution < 1.29 is 0 Å². The first-order valence-electron chi connectivity index (χ1n) is 5.38. The van der Waals surface area contributed by atoms with Gasteiger partial charge >= 0.3 is 0 Å². The molecule has 2 aromatic rings. The number of hydrogen-bond acceptors (Lipinski definition) is 2. The molecule has 0 fully saturated rings. The van der Waals surface area contributed by atoms with Gasteiger partial charge in [-0.25, -0.2) is 5.43 Å². The summed E-state index contributed by atoms with van der Waals surface area (Å²) in [7, 11) is 0. The summed E-state index contributed by atoms with van der Waals surface area (Å²) in [6.45, 7) is 0. The summed E-state index contributed by atoms with van der Waals surface area (Å²) in [4.78, 5) is 0. The molecule has 1 atom stereocenters. The maximum absolute atomic E-state index is 6.05. The van der Waals surface area contributed by atoms with Gasteiger partial charge in [-0.05, 0) is 41.5 Å². The molecule has 0 aromatic heterocycles.